The summed E-state index contributed by atoms with van der Waals surface area (Å²) in [6, 6.07) is 9.24. The Hall–Kier alpha value is -1.02. The minimum atomic E-state index is 0.338. The van der Waals surface area contributed by atoms with Crippen molar-refractivity contribution in [1.29, 1.82) is 0 Å². The van der Waals surface area contributed by atoms with Crippen LogP contribution in [0.1, 0.15) is 57.9 Å². The molecule has 2 rings (SSSR count). The predicted molar refractivity (Wildman–Crippen MR) is 85.4 cm³/mol. The summed E-state index contributed by atoms with van der Waals surface area (Å²) >= 11 is 0. The lowest BCUT2D eigenvalue weighted by Gasteiger charge is -2.32. The van der Waals surface area contributed by atoms with Crippen molar-refractivity contribution in [2.24, 2.45) is 0 Å². The molecule has 2 nitrogen and oxygen atoms in total. The van der Waals surface area contributed by atoms with Gasteiger partial charge >= 0.3 is 0 Å². The molecular formula is C18H29NO. The average molecular weight is 275 g/mol. The Morgan fingerprint density at radius 3 is 2.55 bits per heavy atom. The smallest absolute Gasteiger partial charge is 0.119 e. The molecule has 1 aromatic carbocycles. The predicted octanol–water partition coefficient (Wildman–Crippen LogP) is 4.33. The summed E-state index contributed by atoms with van der Waals surface area (Å²) in [6.45, 7) is 5.44. The van der Waals surface area contributed by atoms with Crippen LogP contribution in [0.5, 0.6) is 5.75 Å². The van der Waals surface area contributed by atoms with Crippen LogP contribution in [0.2, 0.25) is 0 Å². The van der Waals surface area contributed by atoms with Gasteiger partial charge in [0, 0.05) is 6.04 Å². The average Bonchev–Trinajstić information content (AvgIpc) is 2.49. The molecule has 0 radical (unpaired) electrons. The van der Waals surface area contributed by atoms with Gasteiger partial charge in [0.1, 0.15) is 11.9 Å². The fourth-order valence-corrected chi connectivity index (χ4v) is 3.02. The van der Waals surface area contributed by atoms with E-state index in [0.29, 0.717) is 12.1 Å². The second kappa shape index (κ2) is 8.31. The van der Waals surface area contributed by atoms with Gasteiger partial charge in [0.15, 0.2) is 0 Å². The van der Waals surface area contributed by atoms with Gasteiger partial charge in [-0.25, -0.2) is 0 Å². The number of unbranched alkanes of at least 4 members (excludes halogenated alkanes) is 1. The van der Waals surface area contributed by atoms with Crippen molar-refractivity contribution in [3.05, 3.63) is 29.8 Å². The zero-order valence-electron chi connectivity index (χ0n) is 13.0. The maximum atomic E-state index is 6.22. The van der Waals surface area contributed by atoms with Gasteiger partial charge in [0.05, 0.1) is 0 Å². The topological polar surface area (TPSA) is 21.3 Å². The van der Waals surface area contributed by atoms with Crippen LogP contribution in [0.4, 0.5) is 0 Å². The van der Waals surface area contributed by atoms with E-state index in [1.54, 1.807) is 0 Å². The van der Waals surface area contributed by atoms with Crippen molar-refractivity contribution in [3.8, 4) is 5.75 Å². The Labute approximate surface area is 123 Å². The highest BCUT2D eigenvalue weighted by atomic mass is 16.5. The molecule has 1 aliphatic rings. The lowest BCUT2D eigenvalue weighted by atomic mass is 9.92. The van der Waals surface area contributed by atoms with Crippen LogP contribution in [0.25, 0.3) is 0 Å². The molecule has 0 bridgehead atoms. The van der Waals surface area contributed by atoms with Crippen LogP contribution in [-0.4, -0.2) is 18.7 Å². The SMILES string of the molecule is CCCCc1ccc(OC2CCCCC2NCC)cc1. The van der Waals surface area contributed by atoms with Crippen molar-refractivity contribution < 1.29 is 4.74 Å². The van der Waals surface area contributed by atoms with Gasteiger partial charge < -0.3 is 10.1 Å². The molecule has 0 aliphatic heterocycles. The van der Waals surface area contributed by atoms with Crippen molar-refractivity contribution in [2.75, 3.05) is 6.54 Å². The molecule has 0 spiro atoms. The van der Waals surface area contributed by atoms with Gasteiger partial charge in [-0.05, 0) is 56.3 Å². The van der Waals surface area contributed by atoms with Crippen molar-refractivity contribution in [2.45, 2.75) is 70.9 Å². The molecular weight excluding hydrogens is 246 g/mol. The first-order valence-electron chi connectivity index (χ1n) is 8.32. The van der Waals surface area contributed by atoms with Crippen LogP contribution < -0.4 is 10.1 Å². The molecule has 2 atom stereocenters. The van der Waals surface area contributed by atoms with Gasteiger partial charge in [-0.15, -0.1) is 0 Å². The summed E-state index contributed by atoms with van der Waals surface area (Å²) in [5.74, 6) is 1.03. The zero-order valence-corrected chi connectivity index (χ0v) is 13.0. The lowest BCUT2D eigenvalue weighted by Crippen LogP contribution is -2.45. The number of hydrogen-bond donors (Lipinski definition) is 1. The van der Waals surface area contributed by atoms with Crippen molar-refractivity contribution in [3.63, 3.8) is 0 Å². The number of rotatable bonds is 7. The third kappa shape index (κ3) is 4.52. The van der Waals surface area contributed by atoms with E-state index in [1.807, 2.05) is 0 Å². The first-order valence-corrected chi connectivity index (χ1v) is 8.32. The van der Waals surface area contributed by atoms with Crippen molar-refractivity contribution >= 4 is 0 Å². The van der Waals surface area contributed by atoms with E-state index < -0.39 is 0 Å². The first kappa shape index (κ1) is 15.4. The van der Waals surface area contributed by atoms with E-state index in [2.05, 4.69) is 43.4 Å². The second-order valence-corrected chi connectivity index (χ2v) is 5.85. The van der Waals surface area contributed by atoms with Crippen LogP contribution >= 0.6 is 0 Å². The highest BCUT2D eigenvalue weighted by Gasteiger charge is 2.25. The van der Waals surface area contributed by atoms with Crippen molar-refractivity contribution in [1.82, 2.24) is 5.32 Å². The third-order valence-electron chi connectivity index (χ3n) is 4.20. The number of hydrogen-bond acceptors (Lipinski definition) is 2. The quantitative estimate of drug-likeness (QED) is 0.799. The molecule has 1 fully saturated rings. The van der Waals surface area contributed by atoms with E-state index in [-0.39, 0.29) is 0 Å². The van der Waals surface area contributed by atoms with Crippen LogP contribution in [0, 0.1) is 0 Å². The maximum absolute atomic E-state index is 6.22. The van der Waals surface area contributed by atoms with Crippen LogP contribution in [0.15, 0.2) is 24.3 Å². The van der Waals surface area contributed by atoms with E-state index in [9.17, 15) is 0 Å². The van der Waals surface area contributed by atoms with E-state index >= 15 is 0 Å². The minimum Gasteiger partial charge on any atom is -0.489 e. The fourth-order valence-electron chi connectivity index (χ4n) is 3.02. The Morgan fingerprint density at radius 1 is 1.10 bits per heavy atom. The molecule has 0 heterocycles. The molecule has 0 aromatic heterocycles. The third-order valence-corrected chi connectivity index (χ3v) is 4.20. The minimum absolute atomic E-state index is 0.338. The summed E-state index contributed by atoms with van der Waals surface area (Å²) < 4.78 is 6.22. The largest absolute Gasteiger partial charge is 0.489 e. The number of aryl methyl sites for hydroxylation is 1. The molecule has 112 valence electrons. The molecule has 1 N–H and O–H groups in total. The van der Waals surface area contributed by atoms with E-state index in [4.69, 9.17) is 4.74 Å². The van der Waals surface area contributed by atoms with E-state index in [1.165, 1.54) is 50.5 Å². The monoisotopic (exact) mass is 275 g/mol. The van der Waals surface area contributed by atoms with Gasteiger partial charge in [0.2, 0.25) is 0 Å². The highest BCUT2D eigenvalue weighted by Crippen LogP contribution is 2.24. The Balaban J connectivity index is 1.90. The summed E-state index contributed by atoms with van der Waals surface area (Å²) in [6.07, 6.45) is 9.08. The molecule has 20 heavy (non-hydrogen) atoms. The molecule has 1 saturated carbocycles. The van der Waals surface area contributed by atoms with Gasteiger partial charge in [-0.1, -0.05) is 38.8 Å². The zero-order chi connectivity index (χ0) is 14.2. The van der Waals surface area contributed by atoms with Crippen LogP contribution in [-0.2, 0) is 6.42 Å². The number of likely N-dealkylation sites (N-methyl/N-ethyl adjacent to an activating group) is 1. The molecule has 0 amide bonds. The van der Waals surface area contributed by atoms with E-state index in [0.717, 1.165) is 12.3 Å². The molecule has 2 unspecified atom stereocenters. The molecule has 1 aromatic rings. The first-order chi connectivity index (χ1) is 9.83. The van der Waals surface area contributed by atoms with Gasteiger partial charge in [0.25, 0.3) is 0 Å². The number of benzene rings is 1. The number of nitrogens with one attached hydrogen (secondary N) is 1. The summed E-state index contributed by atoms with van der Waals surface area (Å²) in [5.41, 5.74) is 1.42. The molecule has 0 saturated heterocycles. The molecule has 1 aliphatic carbocycles. The highest BCUT2D eigenvalue weighted by molar-refractivity contribution is 5.27. The van der Waals surface area contributed by atoms with Gasteiger partial charge in [-0.3, -0.25) is 0 Å². The standard InChI is InChI=1S/C18H29NO/c1-3-5-8-15-11-13-16(14-12-15)20-18-10-7-6-9-17(18)19-4-2/h11-14,17-19H,3-10H2,1-2H3. The maximum Gasteiger partial charge on any atom is 0.119 e. The Morgan fingerprint density at radius 2 is 1.85 bits per heavy atom. The molecule has 2 heteroatoms. The summed E-state index contributed by atoms with van der Waals surface area (Å²) in [7, 11) is 0. The Bertz CT molecular complexity index is 372. The Kier molecular flexibility index (Phi) is 6.38. The number of ether oxygens (including phenoxy) is 1. The van der Waals surface area contributed by atoms with Gasteiger partial charge in [-0.2, -0.15) is 0 Å². The summed E-state index contributed by atoms with van der Waals surface area (Å²) in [4.78, 5) is 0. The second-order valence-electron chi connectivity index (χ2n) is 5.85. The van der Waals surface area contributed by atoms with Crippen LogP contribution in [0.3, 0.4) is 0 Å². The normalized spacial score (nSPS) is 22.7. The fraction of sp³-hybridized carbons (Fsp3) is 0.667. The summed E-state index contributed by atoms with van der Waals surface area (Å²) in [5, 5.41) is 3.57. The lowest BCUT2D eigenvalue weighted by molar-refractivity contribution is 0.115.